The molecule has 1 atom stereocenters. The van der Waals surface area contributed by atoms with Gasteiger partial charge in [-0.05, 0) is 31.2 Å². The fourth-order valence-electron chi connectivity index (χ4n) is 2.18. The molecule has 0 spiro atoms. The normalized spacial score (nSPS) is 12.1. The van der Waals surface area contributed by atoms with Gasteiger partial charge in [-0.1, -0.05) is 12.1 Å². The Morgan fingerprint density at radius 1 is 1.21 bits per heavy atom. The third-order valence-corrected chi connectivity index (χ3v) is 4.72. The average molecular weight is 410 g/mol. The number of benzene rings is 2. The number of carbonyl (C=O) groups is 2. The molecule has 2 rings (SSSR count). The number of nitro benzene ring substituents is 1. The van der Waals surface area contributed by atoms with Gasteiger partial charge in [0.15, 0.2) is 15.9 Å². The number of halogens is 1. The van der Waals surface area contributed by atoms with Crippen molar-refractivity contribution in [2.45, 2.75) is 17.9 Å². The molecule has 1 amide bonds. The van der Waals surface area contributed by atoms with E-state index in [9.17, 15) is 32.5 Å². The number of nitro groups is 1. The Labute approximate surface area is 159 Å². The molecule has 28 heavy (non-hydrogen) atoms. The van der Waals surface area contributed by atoms with Gasteiger partial charge in [-0.3, -0.25) is 14.9 Å². The van der Waals surface area contributed by atoms with Gasteiger partial charge in [-0.25, -0.2) is 17.6 Å². The van der Waals surface area contributed by atoms with Crippen molar-refractivity contribution in [3.8, 4) is 0 Å². The van der Waals surface area contributed by atoms with Gasteiger partial charge in [0.25, 0.3) is 11.6 Å². The van der Waals surface area contributed by atoms with E-state index in [2.05, 4.69) is 5.32 Å². The van der Waals surface area contributed by atoms with Crippen LogP contribution in [-0.2, 0) is 19.4 Å². The lowest BCUT2D eigenvalue weighted by Gasteiger charge is -2.14. The Hall–Kier alpha value is -3.34. The third-order valence-electron chi connectivity index (χ3n) is 3.58. The van der Waals surface area contributed by atoms with Crippen molar-refractivity contribution < 1.29 is 32.1 Å². The van der Waals surface area contributed by atoms with E-state index < -0.39 is 49.1 Å². The molecule has 11 heteroatoms. The summed E-state index contributed by atoms with van der Waals surface area (Å²) in [5.74, 6) is -2.58. The highest BCUT2D eigenvalue weighted by atomic mass is 32.2. The van der Waals surface area contributed by atoms with Crippen molar-refractivity contribution in [1.29, 1.82) is 0 Å². The maximum atomic E-state index is 13.6. The second-order valence-electron chi connectivity index (χ2n) is 5.73. The summed E-state index contributed by atoms with van der Waals surface area (Å²) in [6, 6.07) is 8.07. The Morgan fingerprint density at radius 2 is 1.86 bits per heavy atom. The lowest BCUT2D eigenvalue weighted by atomic mass is 10.2. The lowest BCUT2D eigenvalue weighted by Crippen LogP contribution is -2.30. The average Bonchev–Trinajstić information content (AvgIpc) is 2.62. The van der Waals surface area contributed by atoms with E-state index in [-0.39, 0.29) is 11.3 Å². The number of para-hydroxylation sites is 1. The van der Waals surface area contributed by atoms with Crippen molar-refractivity contribution in [3.05, 3.63) is 64.0 Å². The number of sulfone groups is 1. The van der Waals surface area contributed by atoms with E-state index in [0.29, 0.717) is 0 Å². The first kappa shape index (κ1) is 21.0. The first-order chi connectivity index (χ1) is 13.0. The highest BCUT2D eigenvalue weighted by Crippen LogP contribution is 2.25. The summed E-state index contributed by atoms with van der Waals surface area (Å²) in [6.45, 7) is 1.23. The van der Waals surface area contributed by atoms with E-state index in [1.165, 1.54) is 25.1 Å². The first-order valence-electron chi connectivity index (χ1n) is 7.75. The molecule has 1 N–H and O–H groups in total. The first-order valence-corrected chi connectivity index (χ1v) is 9.64. The van der Waals surface area contributed by atoms with Gasteiger partial charge >= 0.3 is 5.97 Å². The number of ether oxygens (including phenoxy) is 1. The van der Waals surface area contributed by atoms with Crippen LogP contribution < -0.4 is 5.32 Å². The Morgan fingerprint density at radius 3 is 2.43 bits per heavy atom. The fourth-order valence-corrected chi connectivity index (χ4v) is 3.01. The fraction of sp³-hybridized carbons (Fsp3) is 0.176. The largest absolute Gasteiger partial charge is 0.449 e. The molecule has 0 aliphatic carbocycles. The van der Waals surface area contributed by atoms with Crippen molar-refractivity contribution in [1.82, 2.24) is 0 Å². The number of rotatable bonds is 6. The molecule has 0 aliphatic heterocycles. The maximum Gasteiger partial charge on any atom is 0.339 e. The van der Waals surface area contributed by atoms with Crippen LogP contribution in [0.15, 0.2) is 47.4 Å². The highest BCUT2D eigenvalue weighted by molar-refractivity contribution is 7.90. The van der Waals surface area contributed by atoms with Gasteiger partial charge in [0.05, 0.1) is 16.2 Å². The number of esters is 1. The summed E-state index contributed by atoms with van der Waals surface area (Å²) in [4.78, 5) is 33.8. The summed E-state index contributed by atoms with van der Waals surface area (Å²) < 4.78 is 41.7. The molecule has 0 saturated carbocycles. The molecule has 0 unspecified atom stereocenters. The van der Waals surface area contributed by atoms with Crippen molar-refractivity contribution in [3.63, 3.8) is 0 Å². The summed E-state index contributed by atoms with van der Waals surface area (Å²) in [6.07, 6.45) is -0.552. The Balaban J connectivity index is 2.18. The van der Waals surface area contributed by atoms with Gasteiger partial charge < -0.3 is 10.1 Å². The standard InChI is InChI=1S/C17H15FN2O7S/c1-10(16(21)19-13-6-4-3-5-12(13)18)27-17(22)11-7-8-15(28(2,25)26)14(9-11)20(23)24/h3-10H,1-2H3,(H,19,21)/t10-/m1/s1. The highest BCUT2D eigenvalue weighted by Gasteiger charge is 2.26. The number of amides is 1. The van der Waals surface area contributed by atoms with E-state index in [0.717, 1.165) is 30.5 Å². The van der Waals surface area contributed by atoms with E-state index in [4.69, 9.17) is 4.74 Å². The molecule has 0 fully saturated rings. The molecular weight excluding hydrogens is 395 g/mol. The van der Waals surface area contributed by atoms with E-state index in [1.807, 2.05) is 0 Å². The Kier molecular flexibility index (Phi) is 6.09. The van der Waals surface area contributed by atoms with Crippen LogP contribution in [0.3, 0.4) is 0 Å². The number of anilines is 1. The van der Waals surface area contributed by atoms with Crippen LogP contribution in [0.4, 0.5) is 15.8 Å². The molecule has 0 heterocycles. The quantitative estimate of drug-likeness (QED) is 0.439. The van der Waals surface area contributed by atoms with Crippen molar-refractivity contribution >= 4 is 33.1 Å². The number of hydrogen-bond donors (Lipinski definition) is 1. The third kappa shape index (κ3) is 4.88. The minimum absolute atomic E-state index is 0.108. The summed E-state index contributed by atoms with van der Waals surface area (Å²) >= 11 is 0. The van der Waals surface area contributed by atoms with Crippen LogP contribution in [0.5, 0.6) is 0 Å². The topological polar surface area (TPSA) is 133 Å². The van der Waals surface area contributed by atoms with Gasteiger partial charge in [-0.15, -0.1) is 0 Å². The van der Waals surface area contributed by atoms with Crippen LogP contribution in [0.25, 0.3) is 0 Å². The SMILES string of the molecule is C[C@@H](OC(=O)c1ccc(S(C)(=O)=O)c([N+](=O)[O-])c1)C(=O)Nc1ccccc1F. The second kappa shape index (κ2) is 8.13. The van der Waals surface area contributed by atoms with Crippen LogP contribution in [0.1, 0.15) is 17.3 Å². The lowest BCUT2D eigenvalue weighted by molar-refractivity contribution is -0.387. The van der Waals surface area contributed by atoms with Gasteiger partial charge in [0.2, 0.25) is 0 Å². The molecule has 2 aromatic carbocycles. The van der Waals surface area contributed by atoms with Crippen molar-refractivity contribution in [2.24, 2.45) is 0 Å². The maximum absolute atomic E-state index is 13.6. The van der Waals surface area contributed by atoms with Gasteiger partial charge in [-0.2, -0.15) is 0 Å². The monoisotopic (exact) mass is 410 g/mol. The second-order valence-corrected chi connectivity index (χ2v) is 7.71. The smallest absolute Gasteiger partial charge is 0.339 e. The summed E-state index contributed by atoms with van der Waals surface area (Å²) in [5.41, 5.74) is -1.21. The molecule has 9 nitrogen and oxygen atoms in total. The van der Waals surface area contributed by atoms with Crippen LogP contribution in [-0.4, -0.2) is 37.6 Å². The molecule has 0 aromatic heterocycles. The van der Waals surface area contributed by atoms with Crippen LogP contribution >= 0.6 is 0 Å². The molecular formula is C17H15FN2O7S. The number of nitrogens with zero attached hydrogens (tertiary/aromatic N) is 1. The predicted molar refractivity (Wildman–Crippen MR) is 96.1 cm³/mol. The molecule has 0 saturated heterocycles. The zero-order chi connectivity index (χ0) is 21.1. The van der Waals surface area contributed by atoms with Crippen LogP contribution in [0.2, 0.25) is 0 Å². The number of nitrogens with one attached hydrogen (secondary N) is 1. The molecule has 0 radical (unpaired) electrons. The molecule has 148 valence electrons. The number of carbonyl (C=O) groups excluding carboxylic acids is 2. The number of hydrogen-bond acceptors (Lipinski definition) is 7. The van der Waals surface area contributed by atoms with Gasteiger partial charge in [0.1, 0.15) is 10.7 Å². The molecule has 2 aromatic rings. The zero-order valence-corrected chi connectivity index (χ0v) is 15.5. The minimum atomic E-state index is -3.89. The molecule has 0 aliphatic rings. The predicted octanol–water partition coefficient (Wildman–Crippen LogP) is 2.32. The van der Waals surface area contributed by atoms with Crippen LogP contribution in [0, 0.1) is 15.9 Å². The summed E-state index contributed by atoms with van der Waals surface area (Å²) in [5, 5.41) is 13.3. The Bertz CT molecular complexity index is 1050. The minimum Gasteiger partial charge on any atom is -0.449 e. The van der Waals surface area contributed by atoms with E-state index >= 15 is 0 Å². The summed E-state index contributed by atoms with van der Waals surface area (Å²) in [7, 11) is -3.89. The molecule has 0 bridgehead atoms. The van der Waals surface area contributed by atoms with Crippen molar-refractivity contribution in [2.75, 3.05) is 11.6 Å². The van der Waals surface area contributed by atoms with Gasteiger partial charge in [0, 0.05) is 12.3 Å². The van der Waals surface area contributed by atoms with E-state index in [1.54, 1.807) is 0 Å². The zero-order valence-electron chi connectivity index (χ0n) is 14.7.